The number of halogens is 1. The number of rotatable bonds is 3. The molecule has 0 unspecified atom stereocenters. The number of nitrogens with one attached hydrogen (secondary N) is 1. The van der Waals surface area contributed by atoms with Crippen LogP contribution in [0.5, 0.6) is 0 Å². The molecule has 0 fully saturated rings. The summed E-state index contributed by atoms with van der Waals surface area (Å²) in [6.45, 7) is 3.76. The Bertz CT molecular complexity index is 841. The molecule has 3 aromatic rings. The van der Waals surface area contributed by atoms with E-state index in [0.717, 1.165) is 0 Å². The normalized spacial score (nSPS) is 11.1. The lowest BCUT2D eigenvalue weighted by Crippen LogP contribution is -2.30. The minimum atomic E-state index is -0.381. The van der Waals surface area contributed by atoms with Crippen molar-refractivity contribution >= 4 is 11.6 Å². The van der Waals surface area contributed by atoms with Crippen LogP contribution >= 0.6 is 0 Å². The molecule has 112 valence electrons. The maximum atomic E-state index is 14.0. The quantitative estimate of drug-likeness (QED) is 0.808. The van der Waals surface area contributed by atoms with E-state index in [1.54, 1.807) is 40.9 Å². The van der Waals surface area contributed by atoms with Crippen LogP contribution in [0.4, 0.5) is 4.39 Å². The molecule has 1 N–H and O–H groups in total. The maximum absolute atomic E-state index is 14.0. The predicted molar refractivity (Wildman–Crippen MR) is 81.0 cm³/mol. The summed E-state index contributed by atoms with van der Waals surface area (Å²) in [7, 11) is 0. The second-order valence-corrected chi connectivity index (χ2v) is 5.25. The zero-order valence-corrected chi connectivity index (χ0v) is 12.2. The van der Waals surface area contributed by atoms with Gasteiger partial charge >= 0.3 is 0 Å². The van der Waals surface area contributed by atoms with E-state index >= 15 is 0 Å². The molecule has 3 rings (SSSR count). The highest BCUT2D eigenvalue weighted by Gasteiger charge is 2.17. The lowest BCUT2D eigenvalue weighted by Gasteiger charge is -2.09. The number of carbonyl (C=O) groups excluding carboxylic acids is 1. The Morgan fingerprint density at radius 3 is 2.68 bits per heavy atom. The molecule has 22 heavy (non-hydrogen) atoms. The first-order chi connectivity index (χ1) is 10.6. The largest absolute Gasteiger partial charge is 0.350 e. The summed E-state index contributed by atoms with van der Waals surface area (Å²) in [6.07, 6.45) is 1.71. The molecule has 0 saturated heterocycles. The number of hydrogen-bond acceptors (Lipinski definition) is 3. The molecular formula is C16H15FN4O. The van der Waals surface area contributed by atoms with Gasteiger partial charge in [-0.15, -0.1) is 10.2 Å². The van der Waals surface area contributed by atoms with Gasteiger partial charge in [-0.05, 0) is 38.1 Å². The van der Waals surface area contributed by atoms with E-state index in [-0.39, 0.29) is 17.8 Å². The standard InChI is InChI=1S/C16H15FN4O/c1-10(2)18-16(22)12-7-5-9-21-14(19-20-15(12)21)11-6-3-4-8-13(11)17/h3-10H,1-2H3,(H,18,22). The van der Waals surface area contributed by atoms with Gasteiger partial charge in [0.1, 0.15) is 5.82 Å². The Labute approximate surface area is 126 Å². The van der Waals surface area contributed by atoms with Crippen LogP contribution in [0.15, 0.2) is 42.6 Å². The number of aromatic nitrogens is 3. The van der Waals surface area contributed by atoms with Crippen molar-refractivity contribution in [2.75, 3.05) is 0 Å². The van der Waals surface area contributed by atoms with Crippen molar-refractivity contribution < 1.29 is 9.18 Å². The molecule has 0 bridgehead atoms. The van der Waals surface area contributed by atoms with Crippen molar-refractivity contribution in [1.29, 1.82) is 0 Å². The minimum Gasteiger partial charge on any atom is -0.350 e. The smallest absolute Gasteiger partial charge is 0.255 e. The van der Waals surface area contributed by atoms with Crippen LogP contribution < -0.4 is 5.32 Å². The van der Waals surface area contributed by atoms with Crippen molar-refractivity contribution in [2.24, 2.45) is 0 Å². The second kappa shape index (κ2) is 5.55. The van der Waals surface area contributed by atoms with E-state index in [0.29, 0.717) is 22.6 Å². The second-order valence-electron chi connectivity index (χ2n) is 5.25. The Morgan fingerprint density at radius 1 is 1.18 bits per heavy atom. The molecule has 0 saturated carbocycles. The van der Waals surface area contributed by atoms with E-state index < -0.39 is 0 Å². The van der Waals surface area contributed by atoms with Crippen LogP contribution in [0, 0.1) is 5.82 Å². The molecular weight excluding hydrogens is 283 g/mol. The molecule has 1 amide bonds. The van der Waals surface area contributed by atoms with Gasteiger partial charge in [0.25, 0.3) is 5.91 Å². The molecule has 2 heterocycles. The van der Waals surface area contributed by atoms with Gasteiger partial charge in [-0.25, -0.2) is 4.39 Å². The summed E-state index contributed by atoms with van der Waals surface area (Å²) in [6, 6.07) is 9.75. The lowest BCUT2D eigenvalue weighted by atomic mass is 10.2. The summed E-state index contributed by atoms with van der Waals surface area (Å²) >= 11 is 0. The molecule has 0 aliphatic carbocycles. The molecule has 0 radical (unpaired) electrons. The number of hydrogen-bond donors (Lipinski definition) is 1. The van der Waals surface area contributed by atoms with Crippen LogP contribution in [0.25, 0.3) is 17.0 Å². The first kappa shape index (κ1) is 14.2. The Kier molecular flexibility index (Phi) is 3.58. The minimum absolute atomic E-state index is 0.0155. The van der Waals surface area contributed by atoms with E-state index in [2.05, 4.69) is 15.5 Å². The Morgan fingerprint density at radius 2 is 1.95 bits per heavy atom. The monoisotopic (exact) mass is 298 g/mol. The third-order valence-corrected chi connectivity index (χ3v) is 3.21. The summed E-state index contributed by atoms with van der Waals surface area (Å²) in [4.78, 5) is 12.2. The lowest BCUT2D eigenvalue weighted by molar-refractivity contribution is 0.0944. The molecule has 0 atom stereocenters. The van der Waals surface area contributed by atoms with Crippen molar-refractivity contribution in [3.8, 4) is 11.4 Å². The fraction of sp³-hybridized carbons (Fsp3) is 0.188. The number of benzene rings is 1. The fourth-order valence-corrected chi connectivity index (χ4v) is 2.26. The average molecular weight is 298 g/mol. The highest BCUT2D eigenvalue weighted by molar-refractivity contribution is 6.00. The highest BCUT2D eigenvalue weighted by Crippen LogP contribution is 2.22. The van der Waals surface area contributed by atoms with Gasteiger partial charge in [0.2, 0.25) is 0 Å². The summed E-state index contributed by atoms with van der Waals surface area (Å²) in [5, 5.41) is 10.9. The van der Waals surface area contributed by atoms with E-state index in [4.69, 9.17) is 0 Å². The molecule has 0 aliphatic heterocycles. The van der Waals surface area contributed by atoms with Crippen LogP contribution in [0.1, 0.15) is 24.2 Å². The first-order valence-corrected chi connectivity index (χ1v) is 6.97. The van der Waals surface area contributed by atoms with Gasteiger partial charge in [0.05, 0.1) is 11.1 Å². The van der Waals surface area contributed by atoms with Crippen LogP contribution in [-0.4, -0.2) is 26.5 Å². The van der Waals surface area contributed by atoms with Gasteiger partial charge in [0.15, 0.2) is 11.5 Å². The summed E-state index contributed by atoms with van der Waals surface area (Å²) in [5.74, 6) is -0.241. The number of amides is 1. The van der Waals surface area contributed by atoms with Crippen molar-refractivity contribution in [1.82, 2.24) is 19.9 Å². The Balaban J connectivity index is 2.14. The SMILES string of the molecule is CC(C)NC(=O)c1cccn2c(-c3ccccc3F)nnc12. The summed E-state index contributed by atoms with van der Waals surface area (Å²) in [5.41, 5.74) is 1.15. The van der Waals surface area contributed by atoms with E-state index in [1.165, 1.54) is 6.07 Å². The van der Waals surface area contributed by atoms with Gasteiger partial charge in [0, 0.05) is 12.2 Å². The zero-order chi connectivity index (χ0) is 15.7. The number of pyridine rings is 1. The van der Waals surface area contributed by atoms with Crippen molar-refractivity contribution in [3.05, 3.63) is 54.0 Å². The van der Waals surface area contributed by atoms with Crippen LogP contribution in [-0.2, 0) is 0 Å². The Hall–Kier alpha value is -2.76. The third kappa shape index (κ3) is 2.43. The topological polar surface area (TPSA) is 59.3 Å². The molecule has 0 aliphatic rings. The van der Waals surface area contributed by atoms with Crippen molar-refractivity contribution in [3.63, 3.8) is 0 Å². The van der Waals surface area contributed by atoms with Gasteiger partial charge in [-0.3, -0.25) is 9.20 Å². The zero-order valence-electron chi connectivity index (χ0n) is 12.2. The molecule has 5 nitrogen and oxygen atoms in total. The number of fused-ring (bicyclic) bond motifs is 1. The van der Waals surface area contributed by atoms with Crippen LogP contribution in [0.3, 0.4) is 0 Å². The predicted octanol–water partition coefficient (Wildman–Crippen LogP) is 2.67. The average Bonchev–Trinajstić information content (AvgIpc) is 2.90. The third-order valence-electron chi connectivity index (χ3n) is 3.21. The van der Waals surface area contributed by atoms with E-state index in [9.17, 15) is 9.18 Å². The molecule has 0 spiro atoms. The number of nitrogens with zero attached hydrogens (tertiary/aromatic N) is 3. The summed E-state index contributed by atoms with van der Waals surface area (Å²) < 4.78 is 15.6. The van der Waals surface area contributed by atoms with Gasteiger partial charge < -0.3 is 5.32 Å². The number of carbonyl (C=O) groups is 1. The van der Waals surface area contributed by atoms with E-state index in [1.807, 2.05) is 13.8 Å². The first-order valence-electron chi connectivity index (χ1n) is 6.97. The fourth-order valence-electron chi connectivity index (χ4n) is 2.26. The van der Waals surface area contributed by atoms with Crippen LogP contribution in [0.2, 0.25) is 0 Å². The highest BCUT2D eigenvalue weighted by atomic mass is 19.1. The molecule has 6 heteroatoms. The molecule has 1 aromatic carbocycles. The van der Waals surface area contributed by atoms with Gasteiger partial charge in [-0.2, -0.15) is 0 Å². The van der Waals surface area contributed by atoms with Gasteiger partial charge in [-0.1, -0.05) is 12.1 Å². The molecule has 2 aromatic heterocycles. The van der Waals surface area contributed by atoms with Crippen molar-refractivity contribution in [2.45, 2.75) is 19.9 Å². The maximum Gasteiger partial charge on any atom is 0.255 e.